The van der Waals surface area contributed by atoms with Crippen molar-refractivity contribution in [2.75, 3.05) is 12.0 Å². The molecule has 0 aromatic carbocycles. The molecule has 0 bridgehead atoms. The average Bonchev–Trinajstić information content (AvgIpc) is 2.84. The third kappa shape index (κ3) is 3.29. The van der Waals surface area contributed by atoms with Gasteiger partial charge in [0, 0.05) is 19.2 Å². The third-order valence-electron chi connectivity index (χ3n) is 2.38. The van der Waals surface area contributed by atoms with Gasteiger partial charge in [-0.1, -0.05) is 5.16 Å². The summed E-state index contributed by atoms with van der Waals surface area (Å²) >= 11 is 0. The van der Waals surface area contributed by atoms with E-state index in [0.717, 1.165) is 0 Å². The molecule has 4 N–H and O–H groups in total. The van der Waals surface area contributed by atoms with Gasteiger partial charge in [0.1, 0.15) is 0 Å². The number of anilines is 1. The zero-order chi connectivity index (χ0) is 14.6. The fourth-order valence-electron chi connectivity index (χ4n) is 1.52. The van der Waals surface area contributed by atoms with Gasteiger partial charge in [-0.05, 0) is 19.1 Å². The van der Waals surface area contributed by atoms with Crippen molar-refractivity contribution in [2.45, 2.75) is 18.4 Å². The molecule has 2 heterocycles. The maximum atomic E-state index is 12.1. The molecule has 0 atom stereocenters. The highest BCUT2D eigenvalue weighted by atomic mass is 32.2. The number of rotatable bonds is 6. The van der Waals surface area contributed by atoms with Gasteiger partial charge < -0.3 is 9.95 Å². The molecule has 0 amide bonds. The molecule has 0 saturated heterocycles. The van der Waals surface area contributed by atoms with Crippen molar-refractivity contribution in [3.05, 3.63) is 30.0 Å². The summed E-state index contributed by atoms with van der Waals surface area (Å²) in [7, 11) is -3.76. The SMILES string of the molecule is Cc1noc(CCNS(=O)(=O)c2ncccc2NN)n1. The molecule has 2 rings (SSSR count). The molecule has 10 heteroatoms. The fourth-order valence-corrected chi connectivity index (χ4v) is 2.64. The molecule has 0 radical (unpaired) electrons. The van der Waals surface area contributed by atoms with Crippen molar-refractivity contribution in [3.8, 4) is 0 Å². The first kappa shape index (κ1) is 14.4. The number of pyridine rings is 1. The van der Waals surface area contributed by atoms with Gasteiger partial charge in [-0.2, -0.15) is 4.98 Å². The van der Waals surface area contributed by atoms with E-state index < -0.39 is 10.0 Å². The second-order valence-corrected chi connectivity index (χ2v) is 5.57. The first-order valence-corrected chi connectivity index (χ1v) is 7.22. The van der Waals surface area contributed by atoms with Crippen LogP contribution in [0.5, 0.6) is 0 Å². The smallest absolute Gasteiger partial charge is 0.260 e. The van der Waals surface area contributed by atoms with Gasteiger partial charge in [0.25, 0.3) is 10.0 Å². The first-order chi connectivity index (χ1) is 9.53. The molecule has 0 aliphatic rings. The lowest BCUT2D eigenvalue weighted by molar-refractivity contribution is 0.375. The zero-order valence-corrected chi connectivity index (χ0v) is 11.5. The largest absolute Gasteiger partial charge is 0.339 e. The molecule has 9 nitrogen and oxygen atoms in total. The minimum atomic E-state index is -3.76. The topological polar surface area (TPSA) is 136 Å². The average molecular weight is 298 g/mol. The maximum absolute atomic E-state index is 12.1. The fraction of sp³-hybridized carbons (Fsp3) is 0.300. The molecule has 2 aromatic rings. The second-order valence-electron chi connectivity index (χ2n) is 3.88. The highest BCUT2D eigenvalue weighted by molar-refractivity contribution is 7.89. The molecule has 108 valence electrons. The molecule has 0 aliphatic heterocycles. The number of nitrogen functional groups attached to an aromatic ring is 1. The second kappa shape index (κ2) is 5.94. The lowest BCUT2D eigenvalue weighted by atomic mass is 10.4. The number of aryl methyl sites for hydroxylation is 1. The summed E-state index contributed by atoms with van der Waals surface area (Å²) in [6.07, 6.45) is 1.66. The third-order valence-corrected chi connectivity index (χ3v) is 3.80. The number of hydrogen-bond donors (Lipinski definition) is 3. The number of hydrogen-bond acceptors (Lipinski definition) is 8. The molecule has 20 heavy (non-hydrogen) atoms. The van der Waals surface area contributed by atoms with Gasteiger partial charge in [0.2, 0.25) is 5.89 Å². The summed E-state index contributed by atoms with van der Waals surface area (Å²) < 4.78 is 31.4. The van der Waals surface area contributed by atoms with Crippen molar-refractivity contribution < 1.29 is 12.9 Å². The molecule has 0 spiro atoms. The molecule has 0 saturated carbocycles. The normalized spacial score (nSPS) is 11.5. The maximum Gasteiger partial charge on any atom is 0.260 e. The monoisotopic (exact) mass is 298 g/mol. The zero-order valence-electron chi connectivity index (χ0n) is 10.7. The Labute approximate surface area is 115 Å². The van der Waals surface area contributed by atoms with Crippen LogP contribution in [-0.2, 0) is 16.4 Å². The number of sulfonamides is 1. The van der Waals surface area contributed by atoms with Gasteiger partial charge in [-0.25, -0.2) is 18.1 Å². The summed E-state index contributed by atoms with van der Waals surface area (Å²) in [5.41, 5.74) is 2.51. The van der Waals surface area contributed by atoms with E-state index in [-0.39, 0.29) is 23.7 Å². The van der Waals surface area contributed by atoms with Crippen LogP contribution in [0.2, 0.25) is 0 Å². The Hall–Kier alpha value is -2.04. The van der Waals surface area contributed by atoms with E-state index in [2.05, 4.69) is 25.3 Å². The van der Waals surface area contributed by atoms with E-state index >= 15 is 0 Å². The highest BCUT2D eigenvalue weighted by Gasteiger charge is 2.19. The van der Waals surface area contributed by atoms with Crippen LogP contribution in [-0.4, -0.2) is 30.1 Å². The van der Waals surface area contributed by atoms with E-state index in [1.165, 1.54) is 12.3 Å². The van der Waals surface area contributed by atoms with Crippen LogP contribution in [0.4, 0.5) is 5.69 Å². The van der Waals surface area contributed by atoms with Crippen molar-refractivity contribution in [2.24, 2.45) is 5.84 Å². The van der Waals surface area contributed by atoms with Gasteiger partial charge in [0.05, 0.1) is 5.69 Å². The molecule has 0 fully saturated rings. The van der Waals surface area contributed by atoms with Crippen LogP contribution in [0.3, 0.4) is 0 Å². The Bertz CT molecular complexity index is 684. The number of nitrogens with one attached hydrogen (secondary N) is 2. The minimum Gasteiger partial charge on any atom is -0.339 e. The number of aromatic nitrogens is 3. The van der Waals surface area contributed by atoms with Crippen molar-refractivity contribution in [1.82, 2.24) is 19.8 Å². The van der Waals surface area contributed by atoms with E-state index in [0.29, 0.717) is 11.7 Å². The van der Waals surface area contributed by atoms with Crippen molar-refractivity contribution in [1.29, 1.82) is 0 Å². The predicted molar refractivity (Wildman–Crippen MR) is 70.0 cm³/mol. The van der Waals surface area contributed by atoms with Crippen molar-refractivity contribution >= 4 is 15.7 Å². The summed E-state index contributed by atoms with van der Waals surface area (Å²) in [6.45, 7) is 1.80. The van der Waals surface area contributed by atoms with Crippen LogP contribution in [0.25, 0.3) is 0 Å². The Balaban J connectivity index is 2.04. The summed E-state index contributed by atoms with van der Waals surface area (Å²) in [6, 6.07) is 3.10. The van der Waals surface area contributed by atoms with E-state index in [1.54, 1.807) is 13.0 Å². The van der Waals surface area contributed by atoms with E-state index in [4.69, 9.17) is 10.4 Å². The van der Waals surface area contributed by atoms with Crippen LogP contribution in [0, 0.1) is 6.92 Å². The molecule has 0 aliphatic carbocycles. The van der Waals surface area contributed by atoms with Crippen molar-refractivity contribution in [3.63, 3.8) is 0 Å². The minimum absolute atomic E-state index is 0.116. The van der Waals surface area contributed by atoms with Crippen LogP contribution in [0.15, 0.2) is 27.9 Å². The van der Waals surface area contributed by atoms with Gasteiger partial charge in [-0.3, -0.25) is 5.84 Å². The Morgan fingerprint density at radius 3 is 2.90 bits per heavy atom. The molecular formula is C10H14N6O3S. The number of nitrogens with zero attached hydrogens (tertiary/aromatic N) is 3. The Morgan fingerprint density at radius 1 is 1.45 bits per heavy atom. The first-order valence-electron chi connectivity index (χ1n) is 5.73. The molecule has 2 aromatic heterocycles. The quantitative estimate of drug-likeness (QED) is 0.483. The summed E-state index contributed by atoms with van der Waals surface area (Å²) in [5, 5.41) is 3.45. The Morgan fingerprint density at radius 2 is 2.25 bits per heavy atom. The van der Waals surface area contributed by atoms with E-state index in [1.807, 2.05) is 0 Å². The van der Waals surface area contributed by atoms with Gasteiger partial charge in [0.15, 0.2) is 10.9 Å². The number of hydrazine groups is 1. The lowest BCUT2D eigenvalue weighted by Gasteiger charge is -2.08. The Kier molecular flexibility index (Phi) is 4.27. The summed E-state index contributed by atoms with van der Waals surface area (Å²) in [5.74, 6) is 6.12. The highest BCUT2D eigenvalue weighted by Crippen LogP contribution is 2.16. The van der Waals surface area contributed by atoms with E-state index in [9.17, 15) is 8.42 Å². The molecular weight excluding hydrogens is 284 g/mol. The lowest BCUT2D eigenvalue weighted by Crippen LogP contribution is -2.28. The van der Waals surface area contributed by atoms with Crippen LogP contribution < -0.4 is 16.0 Å². The summed E-state index contributed by atoms with van der Waals surface area (Å²) in [4.78, 5) is 7.78. The van der Waals surface area contributed by atoms with Gasteiger partial charge in [-0.15, -0.1) is 0 Å². The van der Waals surface area contributed by atoms with Crippen LogP contribution in [0.1, 0.15) is 11.7 Å². The molecule has 0 unspecified atom stereocenters. The number of nitrogens with two attached hydrogens (primary N) is 1. The standard InChI is InChI=1S/C10H14N6O3S/c1-7-14-9(19-16-7)4-6-13-20(17,18)10-8(15-11)3-2-5-12-10/h2-3,5,13,15H,4,6,11H2,1H3. The van der Waals surface area contributed by atoms with Crippen LogP contribution >= 0.6 is 0 Å². The van der Waals surface area contributed by atoms with Gasteiger partial charge >= 0.3 is 0 Å². The predicted octanol–water partition coefficient (Wildman–Crippen LogP) is -0.420.